The Balaban J connectivity index is 1.95. The Labute approximate surface area is 124 Å². The molecular weight excluding hydrogens is 270 g/mol. The summed E-state index contributed by atoms with van der Waals surface area (Å²) in [5.74, 6) is 1.60. The lowest BCUT2D eigenvalue weighted by atomic mass is 10.4. The average molecular weight is 293 g/mol. The van der Waals surface area contributed by atoms with E-state index in [4.69, 9.17) is 9.47 Å². The Bertz CT molecular complexity index is 543. The second-order valence-corrected chi connectivity index (χ2v) is 4.59. The van der Waals surface area contributed by atoms with Gasteiger partial charge in [-0.15, -0.1) is 0 Å². The zero-order valence-corrected chi connectivity index (χ0v) is 12.6. The van der Waals surface area contributed by atoms with Crippen molar-refractivity contribution in [3.8, 4) is 0 Å². The molecule has 0 saturated carbocycles. The minimum Gasteiger partial charge on any atom is -0.382 e. The van der Waals surface area contributed by atoms with Crippen LogP contribution >= 0.6 is 0 Å². The minimum atomic E-state index is 0.600. The molecule has 2 aromatic heterocycles. The Hall–Kier alpha value is -1.86. The first-order chi connectivity index (χ1) is 10.3. The number of fused-ring (bicyclic) bond motifs is 1. The normalized spacial score (nSPS) is 11.0. The van der Waals surface area contributed by atoms with Gasteiger partial charge in [-0.2, -0.15) is 0 Å². The van der Waals surface area contributed by atoms with Crippen molar-refractivity contribution in [3.63, 3.8) is 0 Å². The third-order valence-corrected chi connectivity index (χ3v) is 2.90. The molecule has 7 heteroatoms. The summed E-state index contributed by atoms with van der Waals surface area (Å²) in [6.07, 6.45) is 6.67. The number of hydrogen-bond acceptors (Lipinski definition) is 6. The highest BCUT2D eigenvalue weighted by Crippen LogP contribution is 2.16. The molecule has 2 aromatic rings. The lowest BCUT2D eigenvalue weighted by molar-refractivity contribution is 0.0759. The quantitative estimate of drug-likeness (QED) is 0.649. The van der Waals surface area contributed by atoms with Crippen molar-refractivity contribution in [1.29, 1.82) is 0 Å². The lowest BCUT2D eigenvalue weighted by Crippen LogP contribution is -2.14. The zero-order chi connectivity index (χ0) is 14.9. The van der Waals surface area contributed by atoms with Gasteiger partial charge in [-0.05, 0) is 6.42 Å². The van der Waals surface area contributed by atoms with E-state index in [9.17, 15) is 0 Å². The summed E-state index contributed by atoms with van der Waals surface area (Å²) in [4.78, 5) is 8.88. The molecule has 2 rings (SSSR count). The van der Waals surface area contributed by atoms with Crippen molar-refractivity contribution in [2.75, 3.05) is 50.7 Å². The van der Waals surface area contributed by atoms with Crippen molar-refractivity contribution in [1.82, 2.24) is 14.4 Å². The molecule has 21 heavy (non-hydrogen) atoms. The van der Waals surface area contributed by atoms with Gasteiger partial charge in [0.15, 0.2) is 11.5 Å². The molecule has 0 spiro atoms. The highest BCUT2D eigenvalue weighted by molar-refractivity contribution is 5.65. The molecule has 0 aliphatic rings. The molecular formula is C14H23N5O2. The number of hydrogen-bond donors (Lipinski definition) is 2. The minimum absolute atomic E-state index is 0.600. The summed E-state index contributed by atoms with van der Waals surface area (Å²) in [5.41, 5.74) is 0.814. The van der Waals surface area contributed by atoms with Crippen molar-refractivity contribution < 1.29 is 9.47 Å². The van der Waals surface area contributed by atoms with E-state index in [0.29, 0.717) is 26.4 Å². The largest absolute Gasteiger partial charge is 0.382 e. The number of nitrogens with one attached hydrogen (secondary N) is 2. The van der Waals surface area contributed by atoms with Crippen LogP contribution in [-0.2, 0) is 9.47 Å². The maximum Gasteiger partial charge on any atom is 0.180 e. The van der Waals surface area contributed by atoms with E-state index in [1.54, 1.807) is 13.3 Å². The number of aromatic nitrogens is 3. The van der Waals surface area contributed by atoms with Gasteiger partial charge in [-0.25, -0.2) is 9.97 Å². The van der Waals surface area contributed by atoms with E-state index in [1.807, 2.05) is 16.8 Å². The third-order valence-electron chi connectivity index (χ3n) is 2.90. The average Bonchev–Trinajstić information content (AvgIpc) is 2.97. The molecule has 7 nitrogen and oxygen atoms in total. The molecule has 0 unspecified atom stereocenters. The molecule has 116 valence electrons. The highest BCUT2D eigenvalue weighted by atomic mass is 16.5. The molecule has 0 aliphatic carbocycles. The number of imidazole rings is 1. The fraction of sp³-hybridized carbons (Fsp3) is 0.571. The van der Waals surface area contributed by atoms with E-state index in [2.05, 4.69) is 27.5 Å². The van der Waals surface area contributed by atoms with Gasteiger partial charge in [0.2, 0.25) is 0 Å². The molecule has 0 amide bonds. The zero-order valence-electron chi connectivity index (χ0n) is 12.6. The van der Waals surface area contributed by atoms with Crippen LogP contribution in [0.3, 0.4) is 0 Å². The third kappa shape index (κ3) is 4.57. The lowest BCUT2D eigenvalue weighted by Gasteiger charge is -2.11. The Kier molecular flexibility index (Phi) is 6.23. The second-order valence-electron chi connectivity index (χ2n) is 4.59. The number of ether oxygens (including phenoxy) is 2. The van der Waals surface area contributed by atoms with Crippen molar-refractivity contribution in [2.45, 2.75) is 13.3 Å². The van der Waals surface area contributed by atoms with Gasteiger partial charge in [-0.3, -0.25) is 0 Å². The molecule has 2 heterocycles. The van der Waals surface area contributed by atoms with Gasteiger partial charge in [0.05, 0.1) is 26.0 Å². The van der Waals surface area contributed by atoms with Crippen LogP contribution in [0.4, 0.5) is 11.6 Å². The van der Waals surface area contributed by atoms with Gasteiger partial charge in [0.1, 0.15) is 5.82 Å². The molecule has 0 radical (unpaired) electrons. The summed E-state index contributed by atoms with van der Waals surface area (Å²) in [6.45, 7) is 5.51. The predicted octanol–water partition coefficient (Wildman–Crippen LogP) is 1.63. The maximum atomic E-state index is 5.43. The monoisotopic (exact) mass is 293 g/mol. The van der Waals surface area contributed by atoms with Crippen LogP contribution in [-0.4, -0.2) is 54.4 Å². The summed E-state index contributed by atoms with van der Waals surface area (Å²) in [5, 5.41) is 6.55. The van der Waals surface area contributed by atoms with Crippen molar-refractivity contribution in [2.24, 2.45) is 0 Å². The number of methoxy groups -OCH3 is 1. The van der Waals surface area contributed by atoms with Crippen LogP contribution in [0.15, 0.2) is 18.6 Å². The molecule has 0 aliphatic heterocycles. The Morgan fingerprint density at radius 1 is 1.19 bits per heavy atom. The molecule has 0 aromatic carbocycles. The van der Waals surface area contributed by atoms with E-state index in [0.717, 1.165) is 30.2 Å². The fourth-order valence-electron chi connectivity index (χ4n) is 1.87. The van der Waals surface area contributed by atoms with E-state index in [-0.39, 0.29) is 0 Å². The first-order valence-electron chi connectivity index (χ1n) is 7.23. The summed E-state index contributed by atoms with van der Waals surface area (Å²) >= 11 is 0. The van der Waals surface area contributed by atoms with Crippen LogP contribution in [0, 0.1) is 0 Å². The second kappa shape index (κ2) is 8.43. The smallest absolute Gasteiger partial charge is 0.180 e. The number of nitrogens with zero attached hydrogens (tertiary/aromatic N) is 3. The summed E-state index contributed by atoms with van der Waals surface area (Å²) in [7, 11) is 1.66. The fourth-order valence-corrected chi connectivity index (χ4v) is 1.87. The number of rotatable bonds is 10. The van der Waals surface area contributed by atoms with Crippen LogP contribution in [0.1, 0.15) is 13.3 Å². The molecule has 2 N–H and O–H groups in total. The van der Waals surface area contributed by atoms with E-state index < -0.39 is 0 Å². The first kappa shape index (κ1) is 15.5. The van der Waals surface area contributed by atoms with Crippen LogP contribution in [0.2, 0.25) is 0 Å². The number of anilines is 2. The topological polar surface area (TPSA) is 72.7 Å². The standard InChI is InChI=1S/C14H23N5O2/c1-3-4-15-12-11-19-7-5-17-14(19)13(18-12)16-6-8-21-10-9-20-2/h5,7,11,15H,3-4,6,8-10H2,1-2H3,(H,16,18). The SMILES string of the molecule is CCCNc1cn2ccnc2c(NCCOCCOC)n1. The van der Waals surface area contributed by atoms with Gasteiger partial charge < -0.3 is 24.5 Å². The van der Waals surface area contributed by atoms with Crippen LogP contribution < -0.4 is 10.6 Å². The van der Waals surface area contributed by atoms with E-state index >= 15 is 0 Å². The highest BCUT2D eigenvalue weighted by Gasteiger charge is 2.06. The summed E-state index contributed by atoms with van der Waals surface area (Å²) < 4.78 is 12.3. The molecule has 0 saturated heterocycles. The Morgan fingerprint density at radius 2 is 2.10 bits per heavy atom. The summed E-state index contributed by atoms with van der Waals surface area (Å²) in [6, 6.07) is 0. The van der Waals surface area contributed by atoms with Gasteiger partial charge >= 0.3 is 0 Å². The van der Waals surface area contributed by atoms with Crippen LogP contribution in [0.5, 0.6) is 0 Å². The van der Waals surface area contributed by atoms with Crippen molar-refractivity contribution >= 4 is 17.3 Å². The van der Waals surface area contributed by atoms with Gasteiger partial charge in [-0.1, -0.05) is 6.92 Å². The van der Waals surface area contributed by atoms with Gasteiger partial charge in [0.25, 0.3) is 0 Å². The molecule has 0 atom stereocenters. The predicted molar refractivity (Wildman–Crippen MR) is 83.0 cm³/mol. The van der Waals surface area contributed by atoms with E-state index in [1.165, 1.54) is 0 Å². The maximum absolute atomic E-state index is 5.43. The Morgan fingerprint density at radius 3 is 2.90 bits per heavy atom. The molecule has 0 bridgehead atoms. The van der Waals surface area contributed by atoms with Gasteiger partial charge in [0, 0.05) is 32.6 Å². The molecule has 0 fully saturated rings. The first-order valence-corrected chi connectivity index (χ1v) is 7.23. The van der Waals surface area contributed by atoms with Crippen LogP contribution in [0.25, 0.3) is 5.65 Å². The van der Waals surface area contributed by atoms with Crippen molar-refractivity contribution in [3.05, 3.63) is 18.6 Å².